The zero-order valence-electron chi connectivity index (χ0n) is 14.7. The highest BCUT2D eigenvalue weighted by Crippen LogP contribution is 2.32. The maximum Gasteiger partial charge on any atom is 0.264 e. The summed E-state index contributed by atoms with van der Waals surface area (Å²) in [7, 11) is 1.61. The summed E-state index contributed by atoms with van der Waals surface area (Å²) in [5, 5.41) is 3.60. The first-order valence-corrected chi connectivity index (χ1v) is 9.60. The molecule has 0 radical (unpaired) electrons. The van der Waals surface area contributed by atoms with Crippen LogP contribution in [0.15, 0.2) is 28.1 Å². The van der Waals surface area contributed by atoms with Crippen LogP contribution in [0.5, 0.6) is 11.5 Å². The van der Waals surface area contributed by atoms with Gasteiger partial charge in [-0.3, -0.25) is 9.79 Å². The van der Waals surface area contributed by atoms with Crippen molar-refractivity contribution >= 4 is 28.9 Å². The molecule has 0 aromatic heterocycles. The Morgan fingerprint density at radius 1 is 1.28 bits per heavy atom. The number of amidine groups is 1. The second kappa shape index (κ2) is 8.43. The summed E-state index contributed by atoms with van der Waals surface area (Å²) in [6, 6.07) is 6.01. The van der Waals surface area contributed by atoms with Crippen molar-refractivity contribution in [1.82, 2.24) is 5.32 Å². The lowest BCUT2D eigenvalue weighted by Gasteiger charge is -2.17. The van der Waals surface area contributed by atoms with E-state index in [9.17, 15) is 4.79 Å². The number of methoxy groups -OCH3 is 1. The number of nitrogens with one attached hydrogen (secondary N) is 1. The van der Waals surface area contributed by atoms with Gasteiger partial charge in [0.05, 0.1) is 24.7 Å². The summed E-state index contributed by atoms with van der Waals surface area (Å²) < 4.78 is 10.9. The minimum Gasteiger partial charge on any atom is -0.493 e. The zero-order valence-corrected chi connectivity index (χ0v) is 15.5. The fourth-order valence-electron chi connectivity index (χ4n) is 3.06. The summed E-state index contributed by atoms with van der Waals surface area (Å²) >= 11 is 1.41. The van der Waals surface area contributed by atoms with Crippen molar-refractivity contribution in [3.8, 4) is 11.5 Å². The van der Waals surface area contributed by atoms with Crippen molar-refractivity contribution in [3.05, 3.63) is 28.7 Å². The van der Waals surface area contributed by atoms with Crippen molar-refractivity contribution in [2.75, 3.05) is 13.7 Å². The highest BCUT2D eigenvalue weighted by atomic mass is 32.2. The van der Waals surface area contributed by atoms with Crippen LogP contribution < -0.4 is 14.8 Å². The van der Waals surface area contributed by atoms with Gasteiger partial charge in [0.15, 0.2) is 16.7 Å². The predicted octanol–water partition coefficient (Wildman–Crippen LogP) is 3.99. The first kappa shape index (κ1) is 17.9. The van der Waals surface area contributed by atoms with Gasteiger partial charge in [0.2, 0.25) is 0 Å². The smallest absolute Gasteiger partial charge is 0.264 e. The van der Waals surface area contributed by atoms with E-state index in [2.05, 4.69) is 5.32 Å². The molecule has 0 atom stereocenters. The molecule has 2 aliphatic rings. The van der Waals surface area contributed by atoms with E-state index in [4.69, 9.17) is 14.5 Å². The number of carbonyl (C=O) groups is 1. The molecule has 1 saturated heterocycles. The van der Waals surface area contributed by atoms with Crippen LogP contribution in [0.3, 0.4) is 0 Å². The number of nitrogens with zero attached hydrogens (tertiary/aromatic N) is 1. The molecular weight excluding hydrogens is 336 g/mol. The van der Waals surface area contributed by atoms with Crippen molar-refractivity contribution in [2.45, 2.75) is 45.1 Å². The van der Waals surface area contributed by atoms with Crippen LogP contribution in [0.1, 0.15) is 44.6 Å². The largest absolute Gasteiger partial charge is 0.493 e. The molecule has 6 heteroatoms. The third-order valence-electron chi connectivity index (χ3n) is 4.31. The number of rotatable bonds is 5. The van der Waals surface area contributed by atoms with E-state index in [1.165, 1.54) is 31.0 Å². The fourth-order valence-corrected chi connectivity index (χ4v) is 3.96. The van der Waals surface area contributed by atoms with Gasteiger partial charge < -0.3 is 14.8 Å². The molecule has 1 aromatic carbocycles. The van der Waals surface area contributed by atoms with Gasteiger partial charge in [0.25, 0.3) is 5.91 Å². The Morgan fingerprint density at radius 2 is 2.08 bits per heavy atom. The lowest BCUT2D eigenvalue weighted by Crippen LogP contribution is -2.22. The third kappa shape index (κ3) is 4.57. The van der Waals surface area contributed by atoms with Crippen LogP contribution in [-0.2, 0) is 4.79 Å². The second-order valence-corrected chi connectivity index (χ2v) is 7.16. The number of hydrogen-bond acceptors (Lipinski definition) is 5. The summed E-state index contributed by atoms with van der Waals surface area (Å²) in [4.78, 5) is 17.6. The number of benzene rings is 1. The molecule has 1 aromatic rings. The average Bonchev–Trinajstić information content (AvgIpc) is 2.96. The number of thioether (sulfide) groups is 1. The Kier molecular flexibility index (Phi) is 6.02. The molecule has 5 nitrogen and oxygen atoms in total. The summed E-state index contributed by atoms with van der Waals surface area (Å²) in [5.74, 6) is 1.28. The van der Waals surface area contributed by atoms with Crippen LogP contribution in [0.4, 0.5) is 0 Å². The number of amides is 1. The van der Waals surface area contributed by atoms with E-state index in [1.54, 1.807) is 7.11 Å². The Bertz CT molecular complexity index is 694. The minimum absolute atomic E-state index is 0.0904. The quantitative estimate of drug-likeness (QED) is 0.807. The number of ether oxygens (including phenoxy) is 2. The van der Waals surface area contributed by atoms with Gasteiger partial charge in [0.1, 0.15) is 0 Å². The zero-order chi connectivity index (χ0) is 17.6. The molecule has 1 saturated carbocycles. The topological polar surface area (TPSA) is 59.9 Å². The lowest BCUT2D eigenvalue weighted by atomic mass is 9.96. The summed E-state index contributed by atoms with van der Waals surface area (Å²) in [5.41, 5.74) is 0.900. The highest BCUT2D eigenvalue weighted by Gasteiger charge is 2.25. The third-order valence-corrected chi connectivity index (χ3v) is 5.23. The van der Waals surface area contributed by atoms with Crippen LogP contribution in [-0.4, -0.2) is 30.8 Å². The minimum atomic E-state index is -0.0904. The molecule has 3 rings (SSSR count). The SMILES string of the molecule is CCOc1ccc(C=C2SC(=NC3CCCCC3)NC2=O)cc1OC. The average molecular weight is 360 g/mol. The van der Waals surface area contributed by atoms with Crippen molar-refractivity contribution < 1.29 is 14.3 Å². The van der Waals surface area contributed by atoms with Crippen molar-refractivity contribution in [2.24, 2.45) is 4.99 Å². The number of aliphatic imine (C=N–C) groups is 1. The molecule has 1 N–H and O–H groups in total. The van der Waals surface area contributed by atoms with E-state index < -0.39 is 0 Å². The number of hydrogen-bond donors (Lipinski definition) is 1. The van der Waals surface area contributed by atoms with Crippen LogP contribution in [0.2, 0.25) is 0 Å². The molecular formula is C19H24N2O3S. The lowest BCUT2D eigenvalue weighted by molar-refractivity contribution is -0.115. The first-order valence-electron chi connectivity index (χ1n) is 8.79. The molecule has 1 aliphatic heterocycles. The first-order chi connectivity index (χ1) is 12.2. The standard InChI is InChI=1S/C19H24N2O3S/c1-3-24-15-10-9-13(11-16(15)23-2)12-17-18(22)21-19(25-17)20-14-7-5-4-6-8-14/h9-12,14H,3-8H2,1-2H3,(H,20,21,22). The van der Waals surface area contributed by atoms with Gasteiger partial charge in [-0.15, -0.1) is 0 Å². The van der Waals surface area contributed by atoms with Crippen molar-refractivity contribution in [3.63, 3.8) is 0 Å². The van der Waals surface area contributed by atoms with Gasteiger partial charge in [-0.1, -0.05) is 25.3 Å². The Balaban J connectivity index is 1.74. The van der Waals surface area contributed by atoms with E-state index in [1.807, 2.05) is 31.2 Å². The monoisotopic (exact) mass is 360 g/mol. The van der Waals surface area contributed by atoms with Crippen LogP contribution in [0.25, 0.3) is 6.08 Å². The van der Waals surface area contributed by atoms with E-state index in [0.29, 0.717) is 29.1 Å². The Labute approximate surface area is 152 Å². The molecule has 1 aliphatic carbocycles. The molecule has 0 spiro atoms. The van der Waals surface area contributed by atoms with E-state index in [-0.39, 0.29) is 5.91 Å². The predicted molar refractivity (Wildman–Crippen MR) is 102 cm³/mol. The molecule has 2 fully saturated rings. The maximum atomic E-state index is 12.2. The maximum absolute atomic E-state index is 12.2. The Hall–Kier alpha value is -1.95. The highest BCUT2D eigenvalue weighted by molar-refractivity contribution is 8.18. The fraction of sp³-hybridized carbons (Fsp3) is 0.474. The summed E-state index contributed by atoms with van der Waals surface area (Å²) in [6.07, 6.45) is 7.86. The molecule has 134 valence electrons. The van der Waals surface area contributed by atoms with Crippen LogP contribution >= 0.6 is 11.8 Å². The van der Waals surface area contributed by atoms with Gasteiger partial charge in [0, 0.05) is 0 Å². The van der Waals surface area contributed by atoms with Gasteiger partial charge in [-0.25, -0.2) is 0 Å². The van der Waals surface area contributed by atoms with Gasteiger partial charge >= 0.3 is 0 Å². The molecule has 1 heterocycles. The van der Waals surface area contributed by atoms with Gasteiger partial charge in [-0.2, -0.15) is 0 Å². The van der Waals surface area contributed by atoms with Crippen LogP contribution in [0, 0.1) is 0 Å². The normalized spacial score (nSPS) is 21.6. The summed E-state index contributed by atoms with van der Waals surface area (Å²) in [6.45, 7) is 2.51. The molecule has 0 unspecified atom stereocenters. The second-order valence-electron chi connectivity index (χ2n) is 6.13. The van der Waals surface area contributed by atoms with Gasteiger partial charge in [-0.05, 0) is 55.3 Å². The molecule has 25 heavy (non-hydrogen) atoms. The Morgan fingerprint density at radius 3 is 2.80 bits per heavy atom. The molecule has 1 amide bonds. The number of carbonyl (C=O) groups excluding carboxylic acids is 1. The van der Waals surface area contributed by atoms with Crippen molar-refractivity contribution in [1.29, 1.82) is 0 Å². The molecule has 0 bridgehead atoms. The van der Waals surface area contributed by atoms with E-state index >= 15 is 0 Å². The van der Waals surface area contributed by atoms with E-state index in [0.717, 1.165) is 23.6 Å².